The maximum atomic E-state index is 14.3. The van der Waals surface area contributed by atoms with Gasteiger partial charge in [0.1, 0.15) is 23.6 Å². The molecular weight excluding hydrogens is 476 g/mol. The number of carbonyl (C=O) groups excluding carboxylic acids is 2. The van der Waals surface area contributed by atoms with E-state index >= 15 is 0 Å². The summed E-state index contributed by atoms with van der Waals surface area (Å²) in [6.45, 7) is 0. The zero-order valence-electron chi connectivity index (χ0n) is 18.1. The maximum Gasteiger partial charge on any atom is 0.417 e. The molecule has 2 aromatic rings. The van der Waals surface area contributed by atoms with Crippen LogP contribution in [0.15, 0.2) is 48.3 Å². The molecule has 0 aliphatic heterocycles. The van der Waals surface area contributed by atoms with Crippen molar-refractivity contribution < 1.29 is 31.9 Å². The van der Waals surface area contributed by atoms with E-state index in [4.69, 9.17) is 16.3 Å². The zero-order chi connectivity index (χ0) is 24.9. The molecule has 1 amide bonds. The quantitative estimate of drug-likeness (QED) is 0.223. The summed E-state index contributed by atoms with van der Waals surface area (Å²) in [5, 5.41) is 4.43. The molecule has 0 atom stereocenters. The van der Waals surface area contributed by atoms with Gasteiger partial charge in [-0.25, -0.2) is 4.39 Å². The number of hydrogen-bond donors (Lipinski definition) is 2. The van der Waals surface area contributed by atoms with E-state index in [0.717, 1.165) is 25.0 Å². The van der Waals surface area contributed by atoms with Crippen molar-refractivity contribution in [2.24, 2.45) is 0 Å². The largest absolute Gasteiger partial charge is 0.456 e. The molecular formula is C24H21ClF4N2O3. The van der Waals surface area contributed by atoms with Crippen LogP contribution in [-0.2, 0) is 23.8 Å². The van der Waals surface area contributed by atoms with Gasteiger partial charge in [0.05, 0.1) is 16.1 Å². The molecule has 180 valence electrons. The van der Waals surface area contributed by atoms with Gasteiger partial charge in [-0.2, -0.15) is 13.2 Å². The molecule has 2 N–H and O–H groups in total. The number of ether oxygens (including phenoxy) is 1. The van der Waals surface area contributed by atoms with Crippen LogP contribution in [0.3, 0.4) is 0 Å². The lowest BCUT2D eigenvalue weighted by atomic mass is 9.90. The number of aldehydes is 1. The molecule has 5 nitrogen and oxygen atoms in total. The Balaban J connectivity index is 2.08. The minimum absolute atomic E-state index is 0.0791. The van der Waals surface area contributed by atoms with Crippen LogP contribution in [0.5, 0.6) is 11.5 Å². The van der Waals surface area contributed by atoms with E-state index in [-0.39, 0.29) is 17.0 Å². The molecule has 0 saturated heterocycles. The Morgan fingerprint density at radius 2 is 1.82 bits per heavy atom. The molecule has 34 heavy (non-hydrogen) atoms. The van der Waals surface area contributed by atoms with E-state index in [1.54, 1.807) is 7.05 Å². The summed E-state index contributed by atoms with van der Waals surface area (Å²) < 4.78 is 60.6. The predicted molar refractivity (Wildman–Crippen MR) is 119 cm³/mol. The van der Waals surface area contributed by atoms with Gasteiger partial charge in [0.15, 0.2) is 0 Å². The maximum absolute atomic E-state index is 14.3. The van der Waals surface area contributed by atoms with Crippen LogP contribution in [0.4, 0.5) is 17.6 Å². The van der Waals surface area contributed by atoms with Gasteiger partial charge in [-0.1, -0.05) is 11.6 Å². The van der Waals surface area contributed by atoms with Crippen LogP contribution in [0.2, 0.25) is 5.02 Å². The van der Waals surface area contributed by atoms with Crippen LogP contribution in [0.25, 0.3) is 0 Å². The second-order valence-electron chi connectivity index (χ2n) is 7.47. The lowest BCUT2D eigenvalue weighted by Crippen LogP contribution is -2.23. The molecule has 0 spiro atoms. The SMILES string of the molecule is CN/C=C\C(=C/C=O)NC(=O)c1cc(Cl)c(C(F)(F)F)cc1Oc1ccc(F)c2c1CCCC2. The van der Waals surface area contributed by atoms with Crippen LogP contribution < -0.4 is 15.4 Å². The van der Waals surface area contributed by atoms with E-state index in [9.17, 15) is 27.2 Å². The number of halogens is 5. The summed E-state index contributed by atoms with van der Waals surface area (Å²) >= 11 is 5.85. The molecule has 0 heterocycles. The van der Waals surface area contributed by atoms with Crippen LogP contribution in [0.1, 0.15) is 39.9 Å². The highest BCUT2D eigenvalue weighted by molar-refractivity contribution is 6.32. The van der Waals surface area contributed by atoms with Crippen molar-refractivity contribution in [3.8, 4) is 11.5 Å². The molecule has 3 rings (SSSR count). The van der Waals surface area contributed by atoms with Gasteiger partial charge >= 0.3 is 6.18 Å². The second kappa shape index (κ2) is 10.7. The lowest BCUT2D eigenvalue weighted by Gasteiger charge is -2.22. The van der Waals surface area contributed by atoms with Gasteiger partial charge in [-0.3, -0.25) is 9.59 Å². The van der Waals surface area contributed by atoms with Gasteiger partial charge in [0, 0.05) is 24.4 Å². The number of carbonyl (C=O) groups is 2. The van der Waals surface area contributed by atoms with Gasteiger partial charge < -0.3 is 15.4 Å². The highest BCUT2D eigenvalue weighted by Gasteiger charge is 2.35. The standard InChI is InChI=1S/C24H21ClF4N2O3/c1-30-10-8-14(9-11-32)31-23(33)17-12-19(25)18(24(27,28)29)13-22(17)34-21-7-6-20(26)15-4-2-3-5-16(15)21/h6-13,30H,2-5H2,1H3,(H,31,33)/b10-8-,14-9+. The first-order valence-electron chi connectivity index (χ1n) is 10.3. The highest BCUT2D eigenvalue weighted by atomic mass is 35.5. The molecule has 0 unspecified atom stereocenters. The number of nitrogens with one attached hydrogen (secondary N) is 2. The number of hydrogen-bond acceptors (Lipinski definition) is 4. The molecule has 2 aromatic carbocycles. The van der Waals surface area contributed by atoms with Gasteiger partial charge in [-0.15, -0.1) is 0 Å². The molecule has 0 bridgehead atoms. The zero-order valence-corrected chi connectivity index (χ0v) is 18.8. The van der Waals surface area contributed by atoms with E-state index in [0.29, 0.717) is 36.3 Å². The Labute approximate surface area is 198 Å². The number of rotatable bonds is 7. The Morgan fingerprint density at radius 3 is 2.47 bits per heavy atom. The van der Waals surface area contributed by atoms with Crippen molar-refractivity contribution in [1.29, 1.82) is 0 Å². The summed E-state index contributed by atoms with van der Waals surface area (Å²) in [7, 11) is 1.60. The van der Waals surface area contributed by atoms with Gasteiger partial charge in [-0.05, 0) is 67.8 Å². The number of alkyl halides is 3. The second-order valence-corrected chi connectivity index (χ2v) is 7.88. The third-order valence-corrected chi connectivity index (χ3v) is 5.52. The van der Waals surface area contributed by atoms with Gasteiger partial charge in [0.25, 0.3) is 5.91 Å². The smallest absolute Gasteiger partial charge is 0.417 e. The first-order chi connectivity index (χ1) is 16.2. The normalized spacial score (nSPS) is 14.0. The summed E-state index contributed by atoms with van der Waals surface area (Å²) in [4.78, 5) is 23.9. The summed E-state index contributed by atoms with van der Waals surface area (Å²) in [6.07, 6.45) is 2.06. The number of benzene rings is 2. The van der Waals surface area contributed by atoms with Crippen molar-refractivity contribution in [3.63, 3.8) is 0 Å². The van der Waals surface area contributed by atoms with E-state index in [1.165, 1.54) is 24.4 Å². The van der Waals surface area contributed by atoms with E-state index < -0.39 is 34.2 Å². The Bertz CT molecular complexity index is 1160. The molecule has 0 aromatic heterocycles. The fraction of sp³-hybridized carbons (Fsp3) is 0.250. The highest BCUT2D eigenvalue weighted by Crippen LogP contribution is 2.41. The van der Waals surface area contributed by atoms with Crippen molar-refractivity contribution in [3.05, 3.63) is 81.4 Å². The van der Waals surface area contributed by atoms with E-state index in [2.05, 4.69) is 10.6 Å². The summed E-state index contributed by atoms with van der Waals surface area (Å²) in [5.74, 6) is -1.50. The Hall–Kier alpha value is -3.33. The predicted octanol–water partition coefficient (Wildman–Crippen LogP) is 5.71. The molecule has 1 aliphatic carbocycles. The van der Waals surface area contributed by atoms with Gasteiger partial charge in [0.2, 0.25) is 0 Å². The minimum atomic E-state index is -4.80. The fourth-order valence-electron chi connectivity index (χ4n) is 3.62. The van der Waals surface area contributed by atoms with E-state index in [1.807, 2.05) is 0 Å². The topological polar surface area (TPSA) is 67.4 Å². The summed E-state index contributed by atoms with van der Waals surface area (Å²) in [5.41, 5.74) is -0.389. The monoisotopic (exact) mass is 496 g/mol. The van der Waals surface area contributed by atoms with Crippen molar-refractivity contribution >= 4 is 23.8 Å². The number of fused-ring (bicyclic) bond motifs is 1. The Kier molecular flexibility index (Phi) is 7.98. The molecule has 0 fully saturated rings. The fourth-order valence-corrected chi connectivity index (χ4v) is 3.89. The molecule has 0 saturated carbocycles. The number of amides is 1. The first-order valence-corrected chi connectivity index (χ1v) is 10.7. The van der Waals surface area contributed by atoms with Crippen LogP contribution in [-0.4, -0.2) is 19.2 Å². The average molecular weight is 497 g/mol. The minimum Gasteiger partial charge on any atom is -0.456 e. The third-order valence-electron chi connectivity index (χ3n) is 5.21. The molecule has 1 aliphatic rings. The van der Waals surface area contributed by atoms with Crippen LogP contribution in [0, 0.1) is 5.82 Å². The Morgan fingerprint density at radius 1 is 1.12 bits per heavy atom. The van der Waals surface area contributed by atoms with Crippen molar-refractivity contribution in [2.75, 3.05) is 7.05 Å². The lowest BCUT2D eigenvalue weighted by molar-refractivity contribution is -0.137. The van der Waals surface area contributed by atoms with Crippen molar-refractivity contribution in [2.45, 2.75) is 31.9 Å². The average Bonchev–Trinajstić information content (AvgIpc) is 2.79. The molecule has 10 heteroatoms. The number of allylic oxidation sites excluding steroid dienone is 2. The summed E-state index contributed by atoms with van der Waals surface area (Å²) in [6, 6.07) is 4.01. The van der Waals surface area contributed by atoms with Crippen molar-refractivity contribution in [1.82, 2.24) is 10.6 Å². The third kappa shape index (κ3) is 5.77. The molecule has 0 radical (unpaired) electrons. The first kappa shape index (κ1) is 25.3. The van der Waals surface area contributed by atoms with Crippen LogP contribution >= 0.6 is 11.6 Å².